The van der Waals surface area contributed by atoms with Gasteiger partial charge in [-0.2, -0.15) is 5.26 Å². The number of nitriles is 1. The average Bonchev–Trinajstić information content (AvgIpc) is 2.81. The molecule has 1 heterocycles. The van der Waals surface area contributed by atoms with Gasteiger partial charge in [0, 0.05) is 17.6 Å². The molecule has 0 aliphatic rings. The Morgan fingerprint density at radius 3 is 2.94 bits per heavy atom. The van der Waals surface area contributed by atoms with Crippen LogP contribution in [0.15, 0.2) is 36.5 Å². The molecular weight excluding hydrogens is 198 g/mol. The van der Waals surface area contributed by atoms with Crippen molar-refractivity contribution >= 4 is 5.69 Å². The maximum atomic E-state index is 8.82. The molecule has 3 heteroatoms. The van der Waals surface area contributed by atoms with Gasteiger partial charge in [-0.15, -0.1) is 0 Å². The summed E-state index contributed by atoms with van der Waals surface area (Å²) in [5.41, 5.74) is 3.96. The molecule has 0 unspecified atom stereocenters. The lowest BCUT2D eigenvalue weighted by atomic mass is 10.1. The molecule has 0 fully saturated rings. The first-order valence-corrected chi connectivity index (χ1v) is 5.16. The second-order valence-electron chi connectivity index (χ2n) is 3.69. The molecule has 1 aromatic carbocycles. The summed E-state index contributed by atoms with van der Waals surface area (Å²) in [5, 5.41) is 12.1. The molecule has 16 heavy (non-hydrogen) atoms. The van der Waals surface area contributed by atoms with E-state index in [1.807, 2.05) is 43.5 Å². The molecule has 0 radical (unpaired) electrons. The normalized spacial score (nSPS) is 9.75. The van der Waals surface area contributed by atoms with Crippen molar-refractivity contribution in [1.29, 1.82) is 5.26 Å². The number of aromatic amines is 1. The molecule has 0 atom stereocenters. The Kier molecular flexibility index (Phi) is 2.93. The van der Waals surface area contributed by atoms with E-state index in [0.29, 0.717) is 5.56 Å². The molecule has 2 aromatic rings. The summed E-state index contributed by atoms with van der Waals surface area (Å²) in [6.07, 6.45) is 1.90. The highest BCUT2D eigenvalue weighted by Crippen LogP contribution is 2.17. The van der Waals surface area contributed by atoms with Crippen molar-refractivity contribution < 1.29 is 0 Å². The summed E-state index contributed by atoms with van der Waals surface area (Å²) in [4.78, 5) is 3.13. The number of aryl methyl sites for hydroxylation is 1. The fourth-order valence-electron chi connectivity index (χ4n) is 1.55. The molecule has 0 aliphatic heterocycles. The zero-order valence-corrected chi connectivity index (χ0v) is 9.12. The lowest BCUT2D eigenvalue weighted by Crippen LogP contribution is -2.01. The number of aromatic nitrogens is 1. The predicted octanol–water partition coefficient (Wildman–Crippen LogP) is 2.81. The van der Waals surface area contributed by atoms with Gasteiger partial charge in [-0.05, 0) is 36.8 Å². The monoisotopic (exact) mass is 211 g/mol. The molecule has 0 amide bonds. The second kappa shape index (κ2) is 4.54. The third-order valence-corrected chi connectivity index (χ3v) is 2.50. The van der Waals surface area contributed by atoms with Gasteiger partial charge in [0.25, 0.3) is 0 Å². The van der Waals surface area contributed by atoms with Crippen LogP contribution in [0.1, 0.15) is 16.8 Å². The van der Waals surface area contributed by atoms with Gasteiger partial charge >= 0.3 is 0 Å². The van der Waals surface area contributed by atoms with Crippen LogP contribution in [0.25, 0.3) is 0 Å². The number of anilines is 1. The van der Waals surface area contributed by atoms with Gasteiger partial charge in [0.2, 0.25) is 0 Å². The van der Waals surface area contributed by atoms with Crippen LogP contribution in [0, 0.1) is 18.3 Å². The van der Waals surface area contributed by atoms with E-state index in [1.165, 1.54) is 0 Å². The maximum absolute atomic E-state index is 8.82. The molecule has 0 saturated carbocycles. The topological polar surface area (TPSA) is 51.6 Å². The minimum absolute atomic E-state index is 0.680. The van der Waals surface area contributed by atoms with E-state index in [9.17, 15) is 0 Å². The molecule has 0 bridgehead atoms. The molecule has 0 spiro atoms. The Morgan fingerprint density at radius 2 is 2.25 bits per heavy atom. The van der Waals surface area contributed by atoms with Crippen molar-refractivity contribution in [3.8, 4) is 6.07 Å². The number of hydrogen-bond donors (Lipinski definition) is 2. The summed E-state index contributed by atoms with van der Waals surface area (Å²) >= 11 is 0. The number of benzene rings is 1. The molecule has 3 nitrogen and oxygen atoms in total. The van der Waals surface area contributed by atoms with Gasteiger partial charge in [-0.3, -0.25) is 0 Å². The van der Waals surface area contributed by atoms with Crippen molar-refractivity contribution in [2.75, 3.05) is 5.32 Å². The zero-order valence-electron chi connectivity index (χ0n) is 9.12. The van der Waals surface area contributed by atoms with Gasteiger partial charge in [-0.25, -0.2) is 0 Å². The van der Waals surface area contributed by atoms with Crippen LogP contribution in [-0.2, 0) is 6.54 Å². The Bertz CT molecular complexity index is 506. The van der Waals surface area contributed by atoms with Crippen LogP contribution in [0.4, 0.5) is 5.69 Å². The van der Waals surface area contributed by atoms with Crippen LogP contribution >= 0.6 is 0 Å². The summed E-state index contributed by atoms with van der Waals surface area (Å²) in [5.74, 6) is 0. The number of nitrogens with one attached hydrogen (secondary N) is 2. The smallest absolute Gasteiger partial charge is 0.0992 e. The minimum Gasteiger partial charge on any atom is -0.379 e. The SMILES string of the molecule is Cc1ccc(C#N)cc1NCc1ccc[nH]1. The third-order valence-electron chi connectivity index (χ3n) is 2.50. The van der Waals surface area contributed by atoms with Crippen molar-refractivity contribution in [3.05, 3.63) is 53.3 Å². The summed E-state index contributed by atoms with van der Waals surface area (Å²) in [6, 6.07) is 11.8. The lowest BCUT2D eigenvalue weighted by molar-refractivity contribution is 1.07. The second-order valence-corrected chi connectivity index (χ2v) is 3.69. The van der Waals surface area contributed by atoms with E-state index in [1.54, 1.807) is 0 Å². The van der Waals surface area contributed by atoms with Gasteiger partial charge < -0.3 is 10.3 Å². The lowest BCUT2D eigenvalue weighted by Gasteiger charge is -2.08. The molecule has 1 aromatic heterocycles. The van der Waals surface area contributed by atoms with Crippen LogP contribution in [-0.4, -0.2) is 4.98 Å². The number of H-pyrrole nitrogens is 1. The van der Waals surface area contributed by atoms with E-state index < -0.39 is 0 Å². The summed E-state index contributed by atoms with van der Waals surface area (Å²) < 4.78 is 0. The quantitative estimate of drug-likeness (QED) is 0.820. The first kappa shape index (κ1) is 10.3. The Morgan fingerprint density at radius 1 is 1.38 bits per heavy atom. The molecule has 0 aliphatic carbocycles. The average molecular weight is 211 g/mol. The van der Waals surface area contributed by atoms with Crippen LogP contribution in [0.5, 0.6) is 0 Å². The fraction of sp³-hybridized carbons (Fsp3) is 0.154. The molecule has 2 N–H and O–H groups in total. The molecule has 0 saturated heterocycles. The zero-order chi connectivity index (χ0) is 11.4. The Balaban J connectivity index is 2.12. The predicted molar refractivity (Wildman–Crippen MR) is 64.0 cm³/mol. The Labute approximate surface area is 94.7 Å². The highest BCUT2D eigenvalue weighted by molar-refractivity contribution is 5.55. The van der Waals surface area contributed by atoms with Gasteiger partial charge in [-0.1, -0.05) is 6.07 Å². The van der Waals surface area contributed by atoms with E-state index >= 15 is 0 Å². The summed E-state index contributed by atoms with van der Waals surface area (Å²) in [6.45, 7) is 2.76. The van der Waals surface area contributed by atoms with E-state index in [-0.39, 0.29) is 0 Å². The highest BCUT2D eigenvalue weighted by atomic mass is 14.9. The largest absolute Gasteiger partial charge is 0.379 e. The number of rotatable bonds is 3. The van der Waals surface area contributed by atoms with Crippen molar-refractivity contribution in [2.24, 2.45) is 0 Å². The molecule has 80 valence electrons. The van der Waals surface area contributed by atoms with Gasteiger partial charge in [0.1, 0.15) is 0 Å². The van der Waals surface area contributed by atoms with Gasteiger partial charge in [0.05, 0.1) is 18.2 Å². The van der Waals surface area contributed by atoms with Crippen LogP contribution < -0.4 is 5.32 Å². The first-order chi connectivity index (χ1) is 7.79. The Hall–Kier alpha value is -2.21. The van der Waals surface area contributed by atoms with Crippen molar-refractivity contribution in [1.82, 2.24) is 4.98 Å². The van der Waals surface area contributed by atoms with E-state index in [4.69, 9.17) is 5.26 Å². The molecule has 2 rings (SSSR count). The standard InChI is InChI=1S/C13H13N3/c1-10-4-5-11(8-14)7-13(10)16-9-12-3-2-6-15-12/h2-7,15-16H,9H2,1H3. The third kappa shape index (κ3) is 2.23. The van der Waals surface area contributed by atoms with Crippen molar-refractivity contribution in [2.45, 2.75) is 13.5 Å². The van der Waals surface area contributed by atoms with E-state index in [2.05, 4.69) is 16.4 Å². The van der Waals surface area contributed by atoms with Gasteiger partial charge in [0.15, 0.2) is 0 Å². The van der Waals surface area contributed by atoms with Crippen molar-refractivity contribution in [3.63, 3.8) is 0 Å². The van der Waals surface area contributed by atoms with E-state index in [0.717, 1.165) is 23.5 Å². The summed E-state index contributed by atoms with van der Waals surface area (Å²) in [7, 11) is 0. The minimum atomic E-state index is 0.680. The maximum Gasteiger partial charge on any atom is 0.0992 e. The molecular formula is C13H13N3. The van der Waals surface area contributed by atoms with Crippen LogP contribution in [0.3, 0.4) is 0 Å². The number of hydrogen-bond acceptors (Lipinski definition) is 2. The first-order valence-electron chi connectivity index (χ1n) is 5.16. The number of nitrogens with zero attached hydrogens (tertiary/aromatic N) is 1. The van der Waals surface area contributed by atoms with Crippen LogP contribution in [0.2, 0.25) is 0 Å². The fourth-order valence-corrected chi connectivity index (χ4v) is 1.55. The highest BCUT2D eigenvalue weighted by Gasteiger charge is 2.00.